The van der Waals surface area contributed by atoms with E-state index < -0.39 is 28.5 Å². The fourth-order valence-electron chi connectivity index (χ4n) is 4.29. The zero-order valence-corrected chi connectivity index (χ0v) is 26.5. The Labute approximate surface area is 257 Å². The average molecular weight is 639 g/mol. The summed E-state index contributed by atoms with van der Waals surface area (Å²) in [5, 5.41) is 4.00. The Balaban J connectivity index is 2.09. The molecule has 41 heavy (non-hydrogen) atoms. The van der Waals surface area contributed by atoms with Crippen molar-refractivity contribution in [2.24, 2.45) is 0 Å². The number of amides is 2. The van der Waals surface area contributed by atoms with E-state index in [1.165, 1.54) is 29.2 Å². The van der Waals surface area contributed by atoms with Gasteiger partial charge in [0.25, 0.3) is 10.0 Å². The molecule has 0 spiro atoms. The van der Waals surface area contributed by atoms with Gasteiger partial charge < -0.3 is 10.2 Å². The van der Waals surface area contributed by atoms with Crippen LogP contribution in [0.3, 0.4) is 0 Å². The lowest BCUT2D eigenvalue weighted by Crippen LogP contribution is -2.53. The highest BCUT2D eigenvalue weighted by Gasteiger charge is 2.34. The lowest BCUT2D eigenvalue weighted by molar-refractivity contribution is -0.140. The van der Waals surface area contributed by atoms with E-state index in [4.69, 9.17) is 34.8 Å². The number of rotatable bonds is 12. The quantitative estimate of drug-likeness (QED) is 0.235. The Hall–Kier alpha value is -2.78. The normalized spacial score (nSPS) is 12.9. The number of sulfonamides is 1. The molecule has 0 bridgehead atoms. The van der Waals surface area contributed by atoms with Crippen molar-refractivity contribution in [2.75, 3.05) is 10.8 Å². The fourth-order valence-corrected chi connectivity index (χ4v) is 6.21. The minimum absolute atomic E-state index is 0.0180. The Bertz CT molecular complexity index is 1480. The summed E-state index contributed by atoms with van der Waals surface area (Å²) >= 11 is 18.4. The van der Waals surface area contributed by atoms with Gasteiger partial charge in [0, 0.05) is 17.6 Å². The Morgan fingerprint density at radius 3 is 2.15 bits per heavy atom. The van der Waals surface area contributed by atoms with E-state index in [1.54, 1.807) is 56.3 Å². The highest BCUT2D eigenvalue weighted by Crippen LogP contribution is 2.29. The van der Waals surface area contributed by atoms with Gasteiger partial charge in [-0.3, -0.25) is 13.9 Å². The summed E-state index contributed by atoms with van der Waals surface area (Å²) in [5.74, 6) is -0.874. The molecule has 7 nitrogen and oxygen atoms in total. The third-order valence-electron chi connectivity index (χ3n) is 6.79. The fraction of sp³-hybridized carbons (Fsp3) is 0.333. The van der Waals surface area contributed by atoms with Crippen LogP contribution in [0.4, 0.5) is 5.69 Å². The summed E-state index contributed by atoms with van der Waals surface area (Å²) in [7, 11) is -4.19. The number of nitrogens with one attached hydrogen (secondary N) is 1. The van der Waals surface area contributed by atoms with Crippen molar-refractivity contribution in [1.29, 1.82) is 0 Å². The molecule has 3 rings (SSSR count). The van der Waals surface area contributed by atoms with Crippen LogP contribution in [-0.2, 0) is 26.2 Å². The first-order valence-corrected chi connectivity index (χ1v) is 15.8. The smallest absolute Gasteiger partial charge is 0.264 e. The second-order valence-electron chi connectivity index (χ2n) is 9.76. The summed E-state index contributed by atoms with van der Waals surface area (Å²) in [5.41, 5.74) is 1.66. The summed E-state index contributed by atoms with van der Waals surface area (Å²) in [6.45, 7) is 6.89. The first-order chi connectivity index (χ1) is 19.4. The average Bonchev–Trinajstić information content (AvgIpc) is 2.94. The summed E-state index contributed by atoms with van der Waals surface area (Å²) in [4.78, 5) is 28.9. The largest absolute Gasteiger partial charge is 0.352 e. The predicted octanol–water partition coefficient (Wildman–Crippen LogP) is 6.87. The van der Waals surface area contributed by atoms with Crippen LogP contribution in [0.2, 0.25) is 15.1 Å². The Kier molecular flexibility index (Phi) is 11.5. The molecule has 0 aromatic heterocycles. The third kappa shape index (κ3) is 8.16. The van der Waals surface area contributed by atoms with Crippen LogP contribution in [0, 0.1) is 6.92 Å². The van der Waals surface area contributed by atoms with Gasteiger partial charge in [-0.05, 0) is 80.3 Å². The minimum atomic E-state index is -4.19. The van der Waals surface area contributed by atoms with E-state index in [0.717, 1.165) is 4.31 Å². The molecule has 0 aliphatic carbocycles. The van der Waals surface area contributed by atoms with Gasteiger partial charge >= 0.3 is 0 Å². The van der Waals surface area contributed by atoms with E-state index in [2.05, 4.69) is 5.32 Å². The Morgan fingerprint density at radius 2 is 1.56 bits per heavy atom. The molecule has 0 saturated carbocycles. The van der Waals surface area contributed by atoms with Crippen LogP contribution in [0.5, 0.6) is 0 Å². The number of aryl methyl sites for hydroxylation is 1. The molecular formula is C30H34Cl3N3O4S. The van der Waals surface area contributed by atoms with Crippen LogP contribution in [-0.4, -0.2) is 43.8 Å². The van der Waals surface area contributed by atoms with Crippen molar-refractivity contribution in [3.63, 3.8) is 0 Å². The highest BCUT2D eigenvalue weighted by molar-refractivity contribution is 7.92. The molecule has 0 fully saturated rings. The lowest BCUT2D eigenvalue weighted by atomic mass is 10.1. The monoisotopic (exact) mass is 637 g/mol. The zero-order chi connectivity index (χ0) is 30.3. The number of anilines is 1. The number of benzene rings is 3. The highest BCUT2D eigenvalue weighted by atomic mass is 35.5. The second-order valence-corrected chi connectivity index (χ2v) is 12.9. The maximum atomic E-state index is 14.1. The number of hydrogen-bond acceptors (Lipinski definition) is 4. The first-order valence-electron chi connectivity index (χ1n) is 13.3. The summed E-state index contributed by atoms with van der Waals surface area (Å²) in [6.07, 6.45) is 1.02. The topological polar surface area (TPSA) is 86.8 Å². The summed E-state index contributed by atoms with van der Waals surface area (Å²) in [6, 6.07) is 16.7. The van der Waals surface area contributed by atoms with E-state index in [0.29, 0.717) is 44.7 Å². The van der Waals surface area contributed by atoms with Crippen LogP contribution in [0.1, 0.15) is 44.7 Å². The maximum Gasteiger partial charge on any atom is 0.264 e. The lowest BCUT2D eigenvalue weighted by Gasteiger charge is -2.34. The molecule has 220 valence electrons. The van der Waals surface area contributed by atoms with E-state index in [1.807, 2.05) is 13.8 Å². The predicted molar refractivity (Wildman–Crippen MR) is 166 cm³/mol. The van der Waals surface area contributed by atoms with Crippen LogP contribution in [0.25, 0.3) is 0 Å². The van der Waals surface area contributed by atoms with Crippen molar-refractivity contribution in [3.8, 4) is 0 Å². The molecular weight excluding hydrogens is 605 g/mol. The second kappa shape index (κ2) is 14.4. The summed E-state index contributed by atoms with van der Waals surface area (Å²) < 4.78 is 29.0. The molecule has 11 heteroatoms. The van der Waals surface area contributed by atoms with Crippen LogP contribution in [0.15, 0.2) is 71.6 Å². The molecule has 0 aliphatic heterocycles. The minimum Gasteiger partial charge on any atom is -0.352 e. The Morgan fingerprint density at radius 1 is 0.902 bits per heavy atom. The van der Waals surface area contributed by atoms with Gasteiger partial charge in [0.15, 0.2) is 0 Å². The van der Waals surface area contributed by atoms with Gasteiger partial charge in [0.2, 0.25) is 11.8 Å². The van der Waals surface area contributed by atoms with E-state index >= 15 is 0 Å². The van der Waals surface area contributed by atoms with Crippen LogP contribution >= 0.6 is 34.8 Å². The number of carbonyl (C=O) groups is 2. The van der Waals surface area contributed by atoms with Gasteiger partial charge in [0.05, 0.1) is 20.6 Å². The van der Waals surface area contributed by atoms with Crippen molar-refractivity contribution >= 4 is 62.3 Å². The van der Waals surface area contributed by atoms with Crippen molar-refractivity contribution in [2.45, 2.75) is 64.1 Å². The van der Waals surface area contributed by atoms with Gasteiger partial charge in [-0.25, -0.2) is 8.42 Å². The van der Waals surface area contributed by atoms with Gasteiger partial charge in [0.1, 0.15) is 12.6 Å². The molecule has 3 aromatic rings. The molecule has 0 aliphatic rings. The van der Waals surface area contributed by atoms with Crippen LogP contribution < -0.4 is 9.62 Å². The molecule has 0 saturated heterocycles. The molecule has 0 heterocycles. The number of carbonyl (C=O) groups excluding carboxylic acids is 2. The van der Waals surface area contributed by atoms with Crippen molar-refractivity contribution in [3.05, 3.63) is 92.9 Å². The van der Waals surface area contributed by atoms with E-state index in [9.17, 15) is 18.0 Å². The van der Waals surface area contributed by atoms with Gasteiger partial charge in [-0.2, -0.15) is 0 Å². The SMILES string of the molecule is CC[C@H](C)NC(=O)[C@H](CC)N(Cc1ccc(Cl)c(Cl)c1)C(=O)CN(c1ccccc1C)S(=O)(=O)c1ccc(Cl)cc1. The van der Waals surface area contributed by atoms with E-state index in [-0.39, 0.29) is 23.4 Å². The molecule has 3 aromatic carbocycles. The van der Waals surface area contributed by atoms with Gasteiger partial charge in [-0.1, -0.05) is 72.9 Å². The molecule has 2 amide bonds. The number of para-hydroxylation sites is 1. The maximum absolute atomic E-state index is 14.1. The standard InChI is InChI=1S/C30H34Cl3N3O4S/c1-5-21(4)34-30(38)27(6-2)35(18-22-11-16-25(32)26(33)17-22)29(37)19-36(28-10-8-7-9-20(28)3)41(39,40)24-14-12-23(31)13-15-24/h7-17,21,27H,5-6,18-19H2,1-4H3,(H,34,38)/t21-,27-/m0/s1. The van der Waals surface area contributed by atoms with Crippen molar-refractivity contribution in [1.82, 2.24) is 10.2 Å². The first kappa shape index (κ1) is 32.7. The molecule has 2 atom stereocenters. The number of nitrogens with zero attached hydrogens (tertiary/aromatic N) is 2. The molecule has 1 N–H and O–H groups in total. The van der Waals surface area contributed by atoms with Crippen molar-refractivity contribution < 1.29 is 18.0 Å². The zero-order valence-electron chi connectivity index (χ0n) is 23.4. The molecule has 0 unspecified atom stereocenters. The third-order valence-corrected chi connectivity index (χ3v) is 9.55. The van der Waals surface area contributed by atoms with Gasteiger partial charge in [-0.15, -0.1) is 0 Å². The number of halogens is 3. The number of hydrogen-bond donors (Lipinski definition) is 1. The molecule has 0 radical (unpaired) electrons.